The second kappa shape index (κ2) is 7.11. The Kier molecular flexibility index (Phi) is 4.74. The number of carbonyl (C=O) groups excluding carboxylic acids is 1. The van der Waals surface area contributed by atoms with Gasteiger partial charge in [0.2, 0.25) is 0 Å². The number of carbonyl (C=O) groups is 1. The van der Waals surface area contributed by atoms with Crippen LogP contribution in [0.25, 0.3) is 6.08 Å². The monoisotopic (exact) mass is 320 g/mol. The van der Waals surface area contributed by atoms with Crippen LogP contribution in [0.1, 0.15) is 5.56 Å². The summed E-state index contributed by atoms with van der Waals surface area (Å²) >= 11 is 1.40. The molecule has 0 bridgehead atoms. The number of hydrogen-bond acceptors (Lipinski definition) is 3. The second-order valence-corrected chi connectivity index (χ2v) is 5.92. The van der Waals surface area contributed by atoms with Crippen molar-refractivity contribution >= 4 is 34.6 Å². The molecular formula is C19H16N2OS. The zero-order chi connectivity index (χ0) is 16.1. The molecule has 1 saturated heterocycles. The van der Waals surface area contributed by atoms with E-state index in [9.17, 15) is 4.79 Å². The highest BCUT2D eigenvalue weighted by molar-refractivity contribution is 8.19. The standard InChI is InChI=1S/C19H16N2OS/c1-2-13-20-19-21(16-11-7-4-8-12-16)18(22)17(23-19)14-15-9-5-3-6-10-15/h2-12,14H,1,13H2. The molecule has 3 rings (SSSR count). The second-order valence-electron chi connectivity index (χ2n) is 4.91. The van der Waals surface area contributed by atoms with E-state index in [1.807, 2.05) is 66.7 Å². The van der Waals surface area contributed by atoms with Crippen molar-refractivity contribution in [2.45, 2.75) is 0 Å². The normalized spacial score (nSPS) is 17.9. The molecule has 114 valence electrons. The van der Waals surface area contributed by atoms with Crippen LogP contribution in [0.15, 0.2) is 83.2 Å². The van der Waals surface area contributed by atoms with Gasteiger partial charge >= 0.3 is 0 Å². The topological polar surface area (TPSA) is 32.7 Å². The first kappa shape index (κ1) is 15.3. The highest BCUT2D eigenvalue weighted by atomic mass is 32.2. The Bertz CT molecular complexity index is 766. The molecule has 0 saturated carbocycles. The first-order chi connectivity index (χ1) is 11.3. The average molecular weight is 320 g/mol. The highest BCUT2D eigenvalue weighted by Gasteiger charge is 2.34. The molecule has 2 aromatic rings. The molecular weight excluding hydrogens is 304 g/mol. The summed E-state index contributed by atoms with van der Waals surface area (Å²) in [5.74, 6) is -0.0483. The number of amidine groups is 1. The molecule has 0 radical (unpaired) electrons. The number of nitrogens with zero attached hydrogens (tertiary/aromatic N) is 2. The SMILES string of the molecule is C=CCN=C1SC(=Cc2ccccc2)C(=O)N1c1ccccc1. The van der Waals surface area contributed by atoms with Crippen molar-refractivity contribution in [3.8, 4) is 0 Å². The van der Waals surface area contributed by atoms with Gasteiger partial charge in [0, 0.05) is 0 Å². The van der Waals surface area contributed by atoms with Crippen LogP contribution in [0.5, 0.6) is 0 Å². The molecule has 0 aromatic heterocycles. The number of rotatable bonds is 4. The lowest BCUT2D eigenvalue weighted by Crippen LogP contribution is -2.28. The van der Waals surface area contributed by atoms with Gasteiger partial charge in [0.15, 0.2) is 5.17 Å². The fourth-order valence-corrected chi connectivity index (χ4v) is 3.22. The van der Waals surface area contributed by atoms with E-state index in [1.54, 1.807) is 11.0 Å². The van der Waals surface area contributed by atoms with E-state index in [4.69, 9.17) is 0 Å². The van der Waals surface area contributed by atoms with Crippen molar-refractivity contribution in [3.05, 3.63) is 83.8 Å². The van der Waals surface area contributed by atoms with Crippen molar-refractivity contribution < 1.29 is 4.79 Å². The van der Waals surface area contributed by atoms with Crippen LogP contribution >= 0.6 is 11.8 Å². The van der Waals surface area contributed by atoms with Crippen LogP contribution in [0.3, 0.4) is 0 Å². The van der Waals surface area contributed by atoms with Gasteiger partial charge in [0.1, 0.15) is 0 Å². The van der Waals surface area contributed by atoms with E-state index < -0.39 is 0 Å². The van der Waals surface area contributed by atoms with Gasteiger partial charge in [-0.25, -0.2) is 0 Å². The van der Waals surface area contributed by atoms with Gasteiger partial charge in [-0.05, 0) is 35.5 Å². The average Bonchev–Trinajstić information content (AvgIpc) is 2.90. The first-order valence-corrected chi connectivity index (χ1v) is 8.10. The van der Waals surface area contributed by atoms with Crippen LogP contribution in [-0.4, -0.2) is 17.6 Å². The maximum Gasteiger partial charge on any atom is 0.271 e. The maximum atomic E-state index is 12.8. The predicted molar refractivity (Wildman–Crippen MR) is 98.4 cm³/mol. The number of benzene rings is 2. The molecule has 0 atom stereocenters. The summed E-state index contributed by atoms with van der Waals surface area (Å²) in [5, 5.41) is 0.684. The quantitative estimate of drug-likeness (QED) is 0.620. The highest BCUT2D eigenvalue weighted by Crippen LogP contribution is 2.35. The van der Waals surface area contributed by atoms with Crippen LogP contribution in [0, 0.1) is 0 Å². The van der Waals surface area contributed by atoms with Crippen molar-refractivity contribution in [3.63, 3.8) is 0 Å². The minimum absolute atomic E-state index is 0.0483. The van der Waals surface area contributed by atoms with Gasteiger partial charge in [-0.3, -0.25) is 14.7 Å². The number of anilines is 1. The first-order valence-electron chi connectivity index (χ1n) is 7.29. The fourth-order valence-electron chi connectivity index (χ4n) is 2.23. The van der Waals surface area contributed by atoms with E-state index in [1.165, 1.54) is 11.8 Å². The Labute approximate surface area is 140 Å². The summed E-state index contributed by atoms with van der Waals surface area (Å²) < 4.78 is 0. The molecule has 4 heteroatoms. The third-order valence-electron chi connectivity index (χ3n) is 3.27. The Hall–Kier alpha value is -2.59. The van der Waals surface area contributed by atoms with Crippen LogP contribution < -0.4 is 4.90 Å². The number of para-hydroxylation sites is 1. The van der Waals surface area contributed by atoms with E-state index in [0.29, 0.717) is 16.6 Å². The van der Waals surface area contributed by atoms with E-state index in [0.717, 1.165) is 11.3 Å². The third kappa shape index (κ3) is 3.43. The molecule has 1 amide bonds. The zero-order valence-corrected chi connectivity index (χ0v) is 13.4. The van der Waals surface area contributed by atoms with E-state index in [-0.39, 0.29) is 5.91 Å². The summed E-state index contributed by atoms with van der Waals surface area (Å²) in [7, 11) is 0. The molecule has 0 unspecified atom stereocenters. The van der Waals surface area contributed by atoms with Gasteiger partial charge in [-0.2, -0.15) is 0 Å². The minimum atomic E-state index is -0.0483. The van der Waals surface area contributed by atoms with Crippen molar-refractivity contribution in [1.29, 1.82) is 0 Å². The number of aliphatic imine (C=N–C) groups is 1. The smallest absolute Gasteiger partial charge is 0.268 e. The molecule has 1 aliphatic rings. The van der Waals surface area contributed by atoms with Gasteiger partial charge in [0.05, 0.1) is 17.1 Å². The minimum Gasteiger partial charge on any atom is -0.268 e. The summed E-state index contributed by atoms with van der Waals surface area (Å²) in [5.41, 5.74) is 1.82. The van der Waals surface area contributed by atoms with E-state index >= 15 is 0 Å². The molecule has 0 spiro atoms. The van der Waals surface area contributed by atoms with Gasteiger partial charge in [-0.15, -0.1) is 6.58 Å². The summed E-state index contributed by atoms with van der Waals surface area (Å²) in [4.78, 5) is 19.6. The molecule has 2 aromatic carbocycles. The molecule has 23 heavy (non-hydrogen) atoms. The largest absolute Gasteiger partial charge is 0.271 e. The number of hydrogen-bond donors (Lipinski definition) is 0. The Morgan fingerprint density at radius 1 is 1.04 bits per heavy atom. The zero-order valence-electron chi connectivity index (χ0n) is 12.6. The predicted octanol–water partition coefficient (Wildman–Crippen LogP) is 4.35. The lowest BCUT2D eigenvalue weighted by Gasteiger charge is -2.15. The molecule has 1 aliphatic heterocycles. The molecule has 3 nitrogen and oxygen atoms in total. The van der Waals surface area contributed by atoms with Crippen LogP contribution in [-0.2, 0) is 4.79 Å². The van der Waals surface area contributed by atoms with Crippen LogP contribution in [0.4, 0.5) is 5.69 Å². The molecule has 1 fully saturated rings. The molecule has 0 aliphatic carbocycles. The summed E-state index contributed by atoms with van der Waals surface area (Å²) in [6.45, 7) is 4.17. The number of amides is 1. The van der Waals surface area contributed by atoms with Crippen LogP contribution in [0.2, 0.25) is 0 Å². The van der Waals surface area contributed by atoms with E-state index in [2.05, 4.69) is 11.6 Å². The summed E-state index contributed by atoms with van der Waals surface area (Å²) in [6.07, 6.45) is 3.62. The Morgan fingerprint density at radius 3 is 2.35 bits per heavy atom. The maximum absolute atomic E-state index is 12.8. The summed E-state index contributed by atoms with van der Waals surface area (Å²) in [6, 6.07) is 19.4. The third-order valence-corrected chi connectivity index (χ3v) is 4.28. The van der Waals surface area contributed by atoms with Crippen molar-refractivity contribution in [2.75, 3.05) is 11.4 Å². The lowest BCUT2D eigenvalue weighted by atomic mass is 10.2. The van der Waals surface area contributed by atoms with Gasteiger partial charge in [-0.1, -0.05) is 54.6 Å². The van der Waals surface area contributed by atoms with Gasteiger partial charge in [0.25, 0.3) is 5.91 Å². The van der Waals surface area contributed by atoms with Crippen molar-refractivity contribution in [2.24, 2.45) is 4.99 Å². The van der Waals surface area contributed by atoms with Gasteiger partial charge < -0.3 is 0 Å². The van der Waals surface area contributed by atoms with Crippen molar-refractivity contribution in [1.82, 2.24) is 0 Å². The molecule has 1 heterocycles. The Morgan fingerprint density at radius 2 is 1.70 bits per heavy atom. The Balaban J connectivity index is 1.99. The number of thioether (sulfide) groups is 1. The molecule has 0 N–H and O–H groups in total. The fraction of sp³-hybridized carbons (Fsp3) is 0.0526. The lowest BCUT2D eigenvalue weighted by molar-refractivity contribution is -0.113.